The van der Waals surface area contributed by atoms with Gasteiger partial charge in [-0.15, -0.1) is 0 Å². The van der Waals surface area contributed by atoms with Crippen LogP contribution in [0.15, 0.2) is 36.4 Å². The molecule has 3 rings (SSSR count). The molecule has 1 aliphatic rings. The molecule has 26 heavy (non-hydrogen) atoms. The summed E-state index contributed by atoms with van der Waals surface area (Å²) >= 11 is 11.6. The van der Waals surface area contributed by atoms with Crippen LogP contribution < -0.4 is 5.32 Å². The van der Waals surface area contributed by atoms with Crippen LogP contribution in [0.5, 0.6) is 0 Å². The third kappa shape index (κ3) is 4.95. The lowest BCUT2D eigenvalue weighted by atomic mass is 10.1. The topological polar surface area (TPSA) is 41.6 Å². The average Bonchev–Trinajstić information content (AvgIpc) is 2.65. The molecule has 0 aromatic heterocycles. The lowest BCUT2D eigenvalue weighted by Crippen LogP contribution is -2.35. The van der Waals surface area contributed by atoms with Crippen LogP contribution in [-0.2, 0) is 17.8 Å². The molecule has 1 N–H and O–H groups in total. The van der Waals surface area contributed by atoms with Crippen LogP contribution in [0, 0.1) is 5.82 Å². The number of amides is 1. The molecule has 0 spiro atoms. The molecule has 1 aliphatic heterocycles. The molecule has 1 heterocycles. The Morgan fingerprint density at radius 3 is 2.42 bits per heavy atom. The van der Waals surface area contributed by atoms with Gasteiger partial charge in [0.15, 0.2) is 0 Å². The zero-order chi connectivity index (χ0) is 18.5. The number of ether oxygens (including phenoxy) is 1. The maximum Gasteiger partial charge on any atom is 0.253 e. The normalized spacial score (nSPS) is 15.0. The van der Waals surface area contributed by atoms with E-state index in [9.17, 15) is 9.18 Å². The minimum atomic E-state index is -0.673. The van der Waals surface area contributed by atoms with Crippen molar-refractivity contribution in [2.75, 3.05) is 26.3 Å². The minimum Gasteiger partial charge on any atom is -0.379 e. The van der Waals surface area contributed by atoms with Crippen LogP contribution in [0.25, 0.3) is 0 Å². The molecule has 0 radical (unpaired) electrons. The maximum absolute atomic E-state index is 13.5. The van der Waals surface area contributed by atoms with Gasteiger partial charge in [-0.05, 0) is 23.3 Å². The Morgan fingerprint density at radius 2 is 1.73 bits per heavy atom. The molecule has 1 saturated heterocycles. The zero-order valence-electron chi connectivity index (χ0n) is 14.1. The summed E-state index contributed by atoms with van der Waals surface area (Å²) in [6.07, 6.45) is 0. The number of nitrogens with zero attached hydrogens (tertiary/aromatic N) is 1. The molecule has 0 bridgehead atoms. The summed E-state index contributed by atoms with van der Waals surface area (Å²) in [5.74, 6) is -1.11. The van der Waals surface area contributed by atoms with Crippen molar-refractivity contribution < 1.29 is 13.9 Å². The van der Waals surface area contributed by atoms with Crippen LogP contribution in [0.3, 0.4) is 0 Å². The van der Waals surface area contributed by atoms with Gasteiger partial charge < -0.3 is 10.1 Å². The predicted molar refractivity (Wildman–Crippen MR) is 100 cm³/mol. The Morgan fingerprint density at radius 1 is 1.08 bits per heavy atom. The molecular weight excluding hydrogens is 378 g/mol. The Balaban J connectivity index is 1.56. The molecular formula is C19H19Cl2FN2O2. The second-order valence-corrected chi connectivity index (χ2v) is 6.95. The second kappa shape index (κ2) is 8.82. The van der Waals surface area contributed by atoms with E-state index in [0.29, 0.717) is 6.54 Å². The Labute approximate surface area is 161 Å². The summed E-state index contributed by atoms with van der Waals surface area (Å²) in [5, 5.41) is 2.75. The third-order valence-corrected chi connectivity index (χ3v) is 4.84. The van der Waals surface area contributed by atoms with Crippen LogP contribution in [0.4, 0.5) is 4.39 Å². The molecule has 0 atom stereocenters. The monoisotopic (exact) mass is 396 g/mol. The Kier molecular flexibility index (Phi) is 6.48. The second-order valence-electron chi connectivity index (χ2n) is 6.13. The van der Waals surface area contributed by atoms with Gasteiger partial charge >= 0.3 is 0 Å². The molecule has 138 valence electrons. The van der Waals surface area contributed by atoms with Gasteiger partial charge in [-0.1, -0.05) is 47.5 Å². The van der Waals surface area contributed by atoms with Gasteiger partial charge in [-0.2, -0.15) is 0 Å². The summed E-state index contributed by atoms with van der Waals surface area (Å²) in [5.41, 5.74) is 2.23. The number of carbonyl (C=O) groups excluding carboxylic acids is 1. The largest absolute Gasteiger partial charge is 0.379 e. The van der Waals surface area contributed by atoms with Gasteiger partial charge in [-0.3, -0.25) is 9.69 Å². The van der Waals surface area contributed by atoms with E-state index >= 15 is 0 Å². The van der Waals surface area contributed by atoms with Crippen molar-refractivity contribution in [3.05, 3.63) is 69.0 Å². The van der Waals surface area contributed by atoms with Gasteiger partial charge in [0.1, 0.15) is 5.82 Å². The smallest absolute Gasteiger partial charge is 0.253 e. The van der Waals surface area contributed by atoms with Crippen molar-refractivity contribution in [1.29, 1.82) is 0 Å². The summed E-state index contributed by atoms with van der Waals surface area (Å²) in [7, 11) is 0. The van der Waals surface area contributed by atoms with Crippen molar-refractivity contribution in [2.24, 2.45) is 0 Å². The van der Waals surface area contributed by atoms with E-state index in [4.69, 9.17) is 27.9 Å². The molecule has 0 aliphatic carbocycles. The van der Waals surface area contributed by atoms with Crippen molar-refractivity contribution in [3.63, 3.8) is 0 Å². The van der Waals surface area contributed by atoms with Crippen LogP contribution in [0.1, 0.15) is 21.5 Å². The highest BCUT2D eigenvalue weighted by Crippen LogP contribution is 2.24. The predicted octanol–water partition coefficient (Wildman–Crippen LogP) is 3.89. The summed E-state index contributed by atoms with van der Waals surface area (Å²) in [4.78, 5) is 14.6. The minimum absolute atomic E-state index is 0.0671. The van der Waals surface area contributed by atoms with Crippen molar-refractivity contribution in [3.8, 4) is 0 Å². The van der Waals surface area contributed by atoms with Crippen molar-refractivity contribution in [2.45, 2.75) is 13.1 Å². The first-order valence-electron chi connectivity index (χ1n) is 8.33. The molecule has 1 fully saturated rings. The first-order chi connectivity index (χ1) is 12.5. The van der Waals surface area contributed by atoms with Gasteiger partial charge in [0.25, 0.3) is 5.91 Å². The van der Waals surface area contributed by atoms with E-state index in [1.807, 2.05) is 24.3 Å². The zero-order valence-corrected chi connectivity index (χ0v) is 15.6. The van der Waals surface area contributed by atoms with Gasteiger partial charge in [-0.25, -0.2) is 4.39 Å². The molecule has 2 aromatic rings. The van der Waals surface area contributed by atoms with Gasteiger partial charge in [0.05, 0.1) is 28.8 Å². The van der Waals surface area contributed by atoms with E-state index in [-0.39, 0.29) is 15.6 Å². The van der Waals surface area contributed by atoms with Crippen molar-refractivity contribution >= 4 is 29.1 Å². The Bertz CT molecular complexity index is 778. The lowest BCUT2D eigenvalue weighted by molar-refractivity contribution is 0.0342. The quantitative estimate of drug-likeness (QED) is 0.779. The lowest BCUT2D eigenvalue weighted by Gasteiger charge is -2.26. The fourth-order valence-electron chi connectivity index (χ4n) is 2.75. The van der Waals surface area contributed by atoms with Crippen LogP contribution in [0.2, 0.25) is 10.0 Å². The maximum atomic E-state index is 13.5. The summed E-state index contributed by atoms with van der Waals surface area (Å²) in [6.45, 7) is 4.65. The van der Waals surface area contributed by atoms with Gasteiger partial charge in [0.2, 0.25) is 0 Å². The Hall–Kier alpha value is -1.66. The number of morpholine rings is 1. The fraction of sp³-hybridized carbons (Fsp3) is 0.316. The molecule has 1 amide bonds. The number of hydrogen-bond acceptors (Lipinski definition) is 3. The summed E-state index contributed by atoms with van der Waals surface area (Å²) < 4.78 is 18.9. The first-order valence-corrected chi connectivity index (χ1v) is 9.09. The third-order valence-electron chi connectivity index (χ3n) is 4.24. The summed E-state index contributed by atoms with van der Waals surface area (Å²) in [6, 6.07) is 10.3. The molecule has 7 heteroatoms. The van der Waals surface area contributed by atoms with Crippen molar-refractivity contribution in [1.82, 2.24) is 10.2 Å². The standard InChI is InChI=1S/C19H19Cl2FN2O2/c20-16-10-17(21)18(22)9-15(16)19(25)23-11-13-1-3-14(4-2-13)12-24-5-7-26-8-6-24/h1-4,9-10H,5-8,11-12H2,(H,23,25). The number of carbonyl (C=O) groups is 1. The van der Waals surface area contributed by atoms with E-state index in [2.05, 4.69) is 10.2 Å². The van der Waals surface area contributed by atoms with E-state index < -0.39 is 11.7 Å². The molecule has 0 unspecified atom stereocenters. The van der Waals surface area contributed by atoms with Crippen LogP contribution >= 0.6 is 23.2 Å². The highest BCUT2D eigenvalue weighted by atomic mass is 35.5. The van der Waals surface area contributed by atoms with E-state index in [0.717, 1.165) is 44.5 Å². The molecule has 4 nitrogen and oxygen atoms in total. The van der Waals surface area contributed by atoms with E-state index in [1.165, 1.54) is 11.6 Å². The SMILES string of the molecule is O=C(NCc1ccc(CN2CCOCC2)cc1)c1cc(F)c(Cl)cc1Cl. The number of nitrogens with one attached hydrogen (secondary N) is 1. The highest BCUT2D eigenvalue weighted by Gasteiger charge is 2.14. The number of hydrogen-bond donors (Lipinski definition) is 1. The first kappa shape index (κ1) is 19.1. The highest BCUT2D eigenvalue weighted by molar-refractivity contribution is 6.36. The van der Waals surface area contributed by atoms with Gasteiger partial charge in [0, 0.05) is 26.2 Å². The van der Waals surface area contributed by atoms with Crippen LogP contribution in [-0.4, -0.2) is 37.1 Å². The molecule has 0 saturated carbocycles. The molecule has 2 aromatic carbocycles. The number of rotatable bonds is 5. The fourth-order valence-corrected chi connectivity index (χ4v) is 3.22. The number of halogens is 3. The van der Waals surface area contributed by atoms with E-state index in [1.54, 1.807) is 0 Å². The average molecular weight is 397 g/mol. The number of benzene rings is 2.